The van der Waals surface area contributed by atoms with E-state index in [1.165, 1.54) is 0 Å². The molecule has 5 heteroatoms. The number of hydrogen-bond acceptors (Lipinski definition) is 1. The van der Waals surface area contributed by atoms with Crippen LogP contribution in [0.15, 0.2) is 22.7 Å². The minimum atomic E-state index is 0.00479. The fourth-order valence-electron chi connectivity index (χ4n) is 1.18. The Balaban J connectivity index is 2.49. The Hall–Kier alpha value is -0.0600. The normalized spacial score (nSPS) is 10.2. The Morgan fingerprint density at radius 1 is 1.38 bits per heavy atom. The van der Waals surface area contributed by atoms with Crippen LogP contribution in [0, 0.1) is 0 Å². The number of unbranched alkanes of at least 4 members (excludes halogenated alkanes) is 1. The third-order valence-corrected chi connectivity index (χ3v) is 3.36. The van der Waals surface area contributed by atoms with Crippen molar-refractivity contribution in [1.29, 1.82) is 0 Å². The van der Waals surface area contributed by atoms with E-state index in [4.69, 9.17) is 11.6 Å². The first-order valence-corrected chi connectivity index (χ1v) is 7.23. The van der Waals surface area contributed by atoms with Gasteiger partial charge in [-0.2, -0.15) is 0 Å². The van der Waals surface area contributed by atoms with Gasteiger partial charge in [-0.3, -0.25) is 4.79 Å². The van der Waals surface area contributed by atoms with Crippen molar-refractivity contribution in [2.24, 2.45) is 0 Å². The molecule has 1 aromatic carbocycles. The standard InChI is InChI=1S/C11H12Br2ClNO/c12-6-2-1-3-11(16)15-10-5-4-8(13)7-9(10)14/h4-5,7H,1-3,6H2,(H,15,16). The molecule has 0 heterocycles. The van der Waals surface area contributed by atoms with Gasteiger partial charge in [0.15, 0.2) is 0 Å². The van der Waals surface area contributed by atoms with E-state index < -0.39 is 0 Å². The molecular formula is C11H12Br2ClNO. The van der Waals surface area contributed by atoms with Crippen molar-refractivity contribution in [3.8, 4) is 0 Å². The Labute approximate surface area is 117 Å². The van der Waals surface area contributed by atoms with Crippen molar-refractivity contribution in [3.63, 3.8) is 0 Å². The zero-order chi connectivity index (χ0) is 12.0. The van der Waals surface area contributed by atoms with Crippen molar-refractivity contribution in [1.82, 2.24) is 0 Å². The van der Waals surface area contributed by atoms with E-state index in [9.17, 15) is 4.79 Å². The number of carbonyl (C=O) groups is 1. The zero-order valence-electron chi connectivity index (χ0n) is 8.60. The average Bonchev–Trinajstić information content (AvgIpc) is 2.23. The highest BCUT2D eigenvalue weighted by Gasteiger charge is 2.05. The predicted molar refractivity (Wildman–Crippen MR) is 75.4 cm³/mol. The van der Waals surface area contributed by atoms with E-state index in [0.717, 1.165) is 22.6 Å². The Bertz CT molecular complexity index is 371. The van der Waals surface area contributed by atoms with Crippen LogP contribution in [0.2, 0.25) is 5.02 Å². The lowest BCUT2D eigenvalue weighted by Crippen LogP contribution is -2.11. The average molecular weight is 369 g/mol. The van der Waals surface area contributed by atoms with Gasteiger partial charge in [0.05, 0.1) is 10.7 Å². The molecular weight excluding hydrogens is 357 g/mol. The number of rotatable bonds is 5. The molecule has 1 amide bonds. The first-order valence-electron chi connectivity index (χ1n) is 4.94. The van der Waals surface area contributed by atoms with Gasteiger partial charge in [-0.25, -0.2) is 0 Å². The lowest BCUT2D eigenvalue weighted by molar-refractivity contribution is -0.116. The van der Waals surface area contributed by atoms with Crippen molar-refractivity contribution >= 4 is 55.1 Å². The molecule has 0 aliphatic rings. The summed E-state index contributed by atoms with van der Waals surface area (Å²) in [5.74, 6) is 0.00479. The van der Waals surface area contributed by atoms with E-state index in [1.807, 2.05) is 6.07 Å². The minimum Gasteiger partial charge on any atom is -0.325 e. The monoisotopic (exact) mass is 367 g/mol. The van der Waals surface area contributed by atoms with Gasteiger partial charge in [0.25, 0.3) is 0 Å². The fourth-order valence-corrected chi connectivity index (χ4v) is 2.30. The molecule has 1 aromatic rings. The molecule has 88 valence electrons. The maximum atomic E-state index is 11.5. The lowest BCUT2D eigenvalue weighted by atomic mass is 10.2. The summed E-state index contributed by atoms with van der Waals surface area (Å²) in [7, 11) is 0. The van der Waals surface area contributed by atoms with Gasteiger partial charge in [0.1, 0.15) is 0 Å². The molecule has 2 nitrogen and oxygen atoms in total. The second kappa shape index (κ2) is 7.30. The maximum Gasteiger partial charge on any atom is 0.224 e. The van der Waals surface area contributed by atoms with Gasteiger partial charge >= 0.3 is 0 Å². The van der Waals surface area contributed by atoms with Gasteiger partial charge in [-0.1, -0.05) is 43.5 Å². The van der Waals surface area contributed by atoms with Crippen LogP contribution in [-0.4, -0.2) is 11.2 Å². The molecule has 0 spiro atoms. The highest BCUT2D eigenvalue weighted by atomic mass is 79.9. The number of nitrogens with one attached hydrogen (secondary N) is 1. The first kappa shape index (κ1) is 14.0. The third-order valence-electron chi connectivity index (χ3n) is 1.99. The van der Waals surface area contributed by atoms with E-state index in [2.05, 4.69) is 37.2 Å². The summed E-state index contributed by atoms with van der Waals surface area (Å²) in [6.45, 7) is 0. The number of alkyl halides is 1. The Kier molecular flexibility index (Phi) is 6.39. The van der Waals surface area contributed by atoms with E-state index in [-0.39, 0.29) is 5.91 Å². The van der Waals surface area contributed by atoms with Gasteiger partial charge in [0.2, 0.25) is 5.91 Å². The topological polar surface area (TPSA) is 29.1 Å². The molecule has 0 unspecified atom stereocenters. The summed E-state index contributed by atoms with van der Waals surface area (Å²) in [6, 6.07) is 5.39. The van der Waals surface area contributed by atoms with Gasteiger partial charge in [0, 0.05) is 16.2 Å². The molecule has 0 radical (unpaired) electrons. The molecule has 0 bridgehead atoms. The smallest absolute Gasteiger partial charge is 0.224 e. The molecule has 1 rings (SSSR count). The summed E-state index contributed by atoms with van der Waals surface area (Å²) < 4.78 is 0.898. The molecule has 0 aliphatic carbocycles. The van der Waals surface area contributed by atoms with Crippen molar-refractivity contribution < 1.29 is 4.79 Å². The van der Waals surface area contributed by atoms with Crippen LogP contribution in [0.3, 0.4) is 0 Å². The number of halogens is 3. The molecule has 0 fully saturated rings. The van der Waals surface area contributed by atoms with Crippen molar-refractivity contribution in [2.45, 2.75) is 19.3 Å². The second-order valence-corrected chi connectivity index (χ2v) is 5.43. The van der Waals surface area contributed by atoms with Crippen molar-refractivity contribution in [3.05, 3.63) is 27.7 Å². The first-order chi connectivity index (χ1) is 7.63. The Morgan fingerprint density at radius 2 is 2.12 bits per heavy atom. The van der Waals surface area contributed by atoms with Crippen LogP contribution in [0.25, 0.3) is 0 Å². The van der Waals surface area contributed by atoms with E-state index in [0.29, 0.717) is 17.1 Å². The molecule has 0 aromatic heterocycles. The van der Waals surface area contributed by atoms with Crippen molar-refractivity contribution in [2.75, 3.05) is 10.6 Å². The highest BCUT2D eigenvalue weighted by molar-refractivity contribution is 9.10. The zero-order valence-corrected chi connectivity index (χ0v) is 12.5. The molecule has 0 saturated carbocycles. The van der Waals surface area contributed by atoms with Gasteiger partial charge in [-0.05, 0) is 31.0 Å². The summed E-state index contributed by atoms with van der Waals surface area (Å²) in [4.78, 5) is 11.5. The van der Waals surface area contributed by atoms with Crippen LogP contribution < -0.4 is 5.32 Å². The lowest BCUT2D eigenvalue weighted by Gasteiger charge is -2.07. The van der Waals surface area contributed by atoms with E-state index in [1.54, 1.807) is 12.1 Å². The van der Waals surface area contributed by atoms with Crippen LogP contribution in [0.1, 0.15) is 19.3 Å². The van der Waals surface area contributed by atoms with Gasteiger partial charge < -0.3 is 5.32 Å². The van der Waals surface area contributed by atoms with Crippen LogP contribution in [0.5, 0.6) is 0 Å². The van der Waals surface area contributed by atoms with E-state index >= 15 is 0 Å². The number of hydrogen-bond donors (Lipinski definition) is 1. The molecule has 0 saturated heterocycles. The predicted octanol–water partition coefficient (Wildman–Crippen LogP) is 4.61. The van der Waals surface area contributed by atoms with Gasteiger partial charge in [-0.15, -0.1) is 0 Å². The second-order valence-electron chi connectivity index (χ2n) is 3.32. The molecule has 1 N–H and O–H groups in total. The highest BCUT2D eigenvalue weighted by Crippen LogP contribution is 2.25. The summed E-state index contributed by atoms with van der Waals surface area (Å²) in [5, 5.41) is 4.26. The number of benzene rings is 1. The third kappa shape index (κ3) is 4.85. The number of anilines is 1. The summed E-state index contributed by atoms with van der Waals surface area (Å²) in [5.41, 5.74) is 0.661. The molecule has 16 heavy (non-hydrogen) atoms. The SMILES string of the molecule is O=C(CCCCBr)Nc1ccc(Br)cc1Cl. The number of carbonyl (C=O) groups excluding carboxylic acids is 1. The molecule has 0 aliphatic heterocycles. The summed E-state index contributed by atoms with van der Waals surface area (Å²) >= 11 is 12.6. The fraction of sp³-hybridized carbons (Fsp3) is 0.364. The largest absolute Gasteiger partial charge is 0.325 e. The number of amides is 1. The van der Waals surface area contributed by atoms with Crippen LogP contribution in [-0.2, 0) is 4.79 Å². The minimum absolute atomic E-state index is 0.00479. The molecule has 0 atom stereocenters. The summed E-state index contributed by atoms with van der Waals surface area (Å²) in [6.07, 6.45) is 2.41. The van der Waals surface area contributed by atoms with Crippen LogP contribution >= 0.6 is 43.5 Å². The van der Waals surface area contributed by atoms with Crippen LogP contribution in [0.4, 0.5) is 5.69 Å². The maximum absolute atomic E-state index is 11.5. The quantitative estimate of drug-likeness (QED) is 0.596. The Morgan fingerprint density at radius 3 is 2.75 bits per heavy atom.